The molecule has 32 heavy (non-hydrogen) atoms. The molecule has 1 heterocycles. The number of nitrogens with zero attached hydrogens (tertiary/aromatic N) is 1. The number of rotatable bonds is 3. The highest BCUT2D eigenvalue weighted by Crippen LogP contribution is 2.39. The lowest BCUT2D eigenvalue weighted by Gasteiger charge is -2.13. The number of fused-ring (bicyclic) bond motifs is 3. The van der Waals surface area contributed by atoms with E-state index < -0.39 is 5.91 Å². The number of terminal acetylenes is 2. The van der Waals surface area contributed by atoms with Crippen molar-refractivity contribution < 1.29 is 14.3 Å². The summed E-state index contributed by atoms with van der Waals surface area (Å²) >= 11 is 0. The molecule has 1 aliphatic rings. The van der Waals surface area contributed by atoms with Crippen molar-refractivity contribution in [3.05, 3.63) is 101 Å². The molecule has 0 unspecified atom stereocenters. The van der Waals surface area contributed by atoms with Crippen molar-refractivity contribution in [3.8, 4) is 36.2 Å². The SMILES string of the molecule is C#Cc1ccc(Oc2cc3c(c4ccccc24)C(=O)N(c2ccc(C#C)cc2)C3=O)cc1. The van der Waals surface area contributed by atoms with Gasteiger partial charge in [-0.1, -0.05) is 36.1 Å². The molecule has 4 aromatic carbocycles. The van der Waals surface area contributed by atoms with Crippen LogP contribution in [0.5, 0.6) is 11.5 Å². The summed E-state index contributed by atoms with van der Waals surface area (Å²) in [6.07, 6.45) is 10.8. The summed E-state index contributed by atoms with van der Waals surface area (Å²) in [6.45, 7) is 0. The van der Waals surface area contributed by atoms with Crippen LogP contribution >= 0.6 is 0 Å². The average molecular weight is 413 g/mol. The van der Waals surface area contributed by atoms with E-state index in [2.05, 4.69) is 11.8 Å². The highest BCUT2D eigenvalue weighted by Gasteiger charge is 2.39. The first-order chi connectivity index (χ1) is 15.6. The van der Waals surface area contributed by atoms with Gasteiger partial charge in [-0.05, 0) is 60.0 Å². The van der Waals surface area contributed by atoms with Gasteiger partial charge in [0.05, 0.1) is 16.8 Å². The molecule has 0 aromatic heterocycles. The van der Waals surface area contributed by atoms with Gasteiger partial charge in [-0.15, -0.1) is 12.8 Å². The van der Waals surface area contributed by atoms with Crippen molar-refractivity contribution in [1.29, 1.82) is 0 Å². The van der Waals surface area contributed by atoms with Gasteiger partial charge in [0, 0.05) is 16.5 Å². The Kier molecular flexibility index (Phi) is 4.48. The van der Waals surface area contributed by atoms with Gasteiger partial charge in [-0.25, -0.2) is 4.90 Å². The van der Waals surface area contributed by atoms with Gasteiger partial charge >= 0.3 is 0 Å². The number of imide groups is 1. The Bertz CT molecular complexity index is 1480. The highest BCUT2D eigenvalue weighted by atomic mass is 16.5. The second-order valence-corrected chi connectivity index (χ2v) is 7.25. The van der Waals surface area contributed by atoms with E-state index in [0.717, 1.165) is 10.9 Å². The largest absolute Gasteiger partial charge is 0.457 e. The van der Waals surface area contributed by atoms with Crippen molar-refractivity contribution >= 4 is 28.3 Å². The Balaban J connectivity index is 1.63. The number of carbonyl (C=O) groups excluding carboxylic acids is 2. The zero-order valence-electron chi connectivity index (χ0n) is 16.8. The normalized spacial score (nSPS) is 12.4. The number of hydrogen-bond donors (Lipinski definition) is 0. The molecular formula is C28H15NO3. The number of ether oxygens (including phenoxy) is 1. The number of hydrogen-bond acceptors (Lipinski definition) is 3. The molecule has 0 fully saturated rings. The lowest BCUT2D eigenvalue weighted by Crippen LogP contribution is -2.29. The maximum Gasteiger partial charge on any atom is 0.266 e. The molecule has 2 amide bonds. The van der Waals surface area contributed by atoms with E-state index in [0.29, 0.717) is 39.3 Å². The second kappa shape index (κ2) is 7.47. The third-order valence-corrected chi connectivity index (χ3v) is 5.40. The molecule has 0 bridgehead atoms. The van der Waals surface area contributed by atoms with E-state index in [-0.39, 0.29) is 5.91 Å². The third kappa shape index (κ3) is 2.99. The monoisotopic (exact) mass is 413 g/mol. The molecule has 0 N–H and O–H groups in total. The van der Waals surface area contributed by atoms with Crippen LogP contribution in [0.2, 0.25) is 0 Å². The molecule has 0 aliphatic carbocycles. The average Bonchev–Trinajstić information content (AvgIpc) is 3.09. The van der Waals surface area contributed by atoms with Gasteiger partial charge < -0.3 is 4.74 Å². The van der Waals surface area contributed by atoms with E-state index in [1.54, 1.807) is 54.6 Å². The van der Waals surface area contributed by atoms with Gasteiger partial charge in [-0.2, -0.15) is 0 Å². The fourth-order valence-electron chi connectivity index (χ4n) is 3.84. The van der Waals surface area contributed by atoms with Crippen LogP contribution in [0.4, 0.5) is 5.69 Å². The fourth-order valence-corrected chi connectivity index (χ4v) is 3.84. The topological polar surface area (TPSA) is 46.6 Å². The molecule has 0 radical (unpaired) electrons. The summed E-state index contributed by atoms with van der Waals surface area (Å²) in [5.74, 6) is 5.38. The number of benzene rings is 4. The highest BCUT2D eigenvalue weighted by molar-refractivity contribution is 6.38. The third-order valence-electron chi connectivity index (χ3n) is 5.40. The smallest absolute Gasteiger partial charge is 0.266 e. The first kappa shape index (κ1) is 19.2. The lowest BCUT2D eigenvalue weighted by molar-refractivity contribution is 0.0926. The van der Waals surface area contributed by atoms with Crippen molar-refractivity contribution in [2.24, 2.45) is 0 Å². The number of anilines is 1. The van der Waals surface area contributed by atoms with Crippen LogP contribution in [0.3, 0.4) is 0 Å². The summed E-state index contributed by atoms with van der Waals surface area (Å²) in [7, 11) is 0. The van der Waals surface area contributed by atoms with E-state index >= 15 is 0 Å². The van der Waals surface area contributed by atoms with Gasteiger partial charge in [0.2, 0.25) is 0 Å². The summed E-state index contributed by atoms with van der Waals surface area (Å²) in [6, 6.07) is 22.8. The molecule has 1 aliphatic heterocycles. The Morgan fingerprint density at radius 1 is 0.719 bits per heavy atom. The Labute approximate surface area is 185 Å². The maximum atomic E-state index is 13.3. The first-order valence-electron chi connectivity index (χ1n) is 9.86. The Morgan fingerprint density at radius 3 is 1.94 bits per heavy atom. The van der Waals surface area contributed by atoms with E-state index in [9.17, 15) is 9.59 Å². The van der Waals surface area contributed by atoms with Gasteiger partial charge in [-0.3, -0.25) is 9.59 Å². The minimum Gasteiger partial charge on any atom is -0.457 e. The predicted octanol–water partition coefficient (Wildman–Crippen LogP) is 5.40. The number of carbonyl (C=O) groups is 2. The quantitative estimate of drug-likeness (QED) is 0.334. The van der Waals surface area contributed by atoms with Crippen LogP contribution in [0.1, 0.15) is 31.8 Å². The van der Waals surface area contributed by atoms with Crippen LogP contribution in [0.15, 0.2) is 78.9 Å². The minimum absolute atomic E-state index is 0.296. The van der Waals surface area contributed by atoms with Crippen molar-refractivity contribution in [1.82, 2.24) is 0 Å². The molecule has 4 aromatic rings. The number of amides is 2. The molecule has 0 atom stereocenters. The lowest BCUT2D eigenvalue weighted by atomic mass is 9.99. The predicted molar refractivity (Wildman–Crippen MR) is 124 cm³/mol. The van der Waals surface area contributed by atoms with Crippen LogP contribution < -0.4 is 9.64 Å². The zero-order chi connectivity index (χ0) is 22.2. The van der Waals surface area contributed by atoms with Crippen LogP contribution in [-0.4, -0.2) is 11.8 Å². The van der Waals surface area contributed by atoms with Crippen molar-refractivity contribution in [2.45, 2.75) is 0 Å². The molecule has 0 saturated heterocycles. The molecule has 0 spiro atoms. The molecular weight excluding hydrogens is 398 g/mol. The summed E-state index contributed by atoms with van der Waals surface area (Å²) in [5, 5.41) is 1.39. The Morgan fingerprint density at radius 2 is 1.31 bits per heavy atom. The summed E-state index contributed by atoms with van der Waals surface area (Å²) in [5.41, 5.74) is 2.53. The maximum absolute atomic E-state index is 13.3. The van der Waals surface area contributed by atoms with Crippen molar-refractivity contribution in [2.75, 3.05) is 4.90 Å². The Hall–Kier alpha value is -4.80. The van der Waals surface area contributed by atoms with Gasteiger partial charge in [0.1, 0.15) is 11.5 Å². The molecule has 0 saturated carbocycles. The van der Waals surface area contributed by atoms with Crippen molar-refractivity contribution in [3.63, 3.8) is 0 Å². The van der Waals surface area contributed by atoms with Gasteiger partial charge in [0.25, 0.3) is 11.8 Å². The van der Waals surface area contributed by atoms with Gasteiger partial charge in [0.15, 0.2) is 0 Å². The van der Waals surface area contributed by atoms with E-state index in [1.165, 1.54) is 4.90 Å². The van der Waals surface area contributed by atoms with Crippen LogP contribution in [0, 0.1) is 24.7 Å². The molecule has 150 valence electrons. The fraction of sp³-hybridized carbons (Fsp3) is 0. The van der Waals surface area contributed by atoms with Crippen LogP contribution in [0.25, 0.3) is 10.8 Å². The minimum atomic E-state index is -0.406. The molecule has 4 nitrogen and oxygen atoms in total. The second-order valence-electron chi connectivity index (χ2n) is 7.25. The zero-order valence-corrected chi connectivity index (χ0v) is 16.8. The first-order valence-corrected chi connectivity index (χ1v) is 9.86. The standard InChI is InChI=1S/C28H15NO3/c1-3-18-9-13-20(14-10-18)29-27(30)24-17-25(32-21-15-11-19(4-2)12-16-21)22-7-5-6-8-23(22)26(24)28(29)31/h1-2,5-17H. The summed E-state index contributed by atoms with van der Waals surface area (Å²) < 4.78 is 6.10. The summed E-state index contributed by atoms with van der Waals surface area (Å²) in [4.78, 5) is 27.8. The molecule has 4 heteroatoms. The molecule has 5 rings (SSSR count). The van der Waals surface area contributed by atoms with E-state index in [4.69, 9.17) is 17.6 Å². The van der Waals surface area contributed by atoms with E-state index in [1.807, 2.05) is 24.3 Å². The van der Waals surface area contributed by atoms with Crippen LogP contribution in [-0.2, 0) is 0 Å².